The fourth-order valence-electron chi connectivity index (χ4n) is 2.55. The van der Waals surface area contributed by atoms with E-state index in [1.165, 1.54) is 11.1 Å². The molecule has 1 nitrogen and oxygen atoms in total. The minimum absolute atomic E-state index is 0.0851. The van der Waals surface area contributed by atoms with Gasteiger partial charge in [0.05, 0.1) is 5.41 Å². The third-order valence-electron chi connectivity index (χ3n) is 3.49. The molecular weight excluding hydrogens is 196 g/mol. The summed E-state index contributed by atoms with van der Waals surface area (Å²) in [5.74, 6) is 0.437. The zero-order chi connectivity index (χ0) is 9.76. The summed E-state index contributed by atoms with van der Waals surface area (Å²) < 4.78 is 0. The van der Waals surface area contributed by atoms with E-state index in [-0.39, 0.29) is 5.41 Å². The van der Waals surface area contributed by atoms with Crippen LogP contribution in [0.2, 0.25) is 5.02 Å². The van der Waals surface area contributed by atoms with Gasteiger partial charge < -0.3 is 0 Å². The molecule has 0 saturated heterocycles. The third kappa shape index (κ3) is 0.992. The molecule has 0 radical (unpaired) electrons. The van der Waals surface area contributed by atoms with Crippen molar-refractivity contribution in [2.24, 2.45) is 0 Å². The topological polar surface area (TPSA) is 17.1 Å². The number of hydrogen-bond donors (Lipinski definition) is 0. The summed E-state index contributed by atoms with van der Waals surface area (Å²) in [5, 5.41) is 0.786. The maximum absolute atomic E-state index is 11.8. The second-order valence-electron chi connectivity index (χ2n) is 4.31. The number of benzene rings is 1. The lowest BCUT2D eigenvalue weighted by molar-refractivity contribution is -0.121. The number of ketones is 1. The van der Waals surface area contributed by atoms with E-state index in [0.717, 1.165) is 24.3 Å². The molecule has 0 amide bonds. The number of rotatable bonds is 0. The van der Waals surface area contributed by atoms with E-state index in [1.807, 2.05) is 18.2 Å². The standard InChI is InChI=1S/C12H11ClO/c13-9-2-3-10-8(7-9)1-4-11(14)12(10)5-6-12/h2-3,7H,1,4-6H2. The summed E-state index contributed by atoms with van der Waals surface area (Å²) >= 11 is 5.94. The molecular formula is C12H11ClO. The van der Waals surface area contributed by atoms with Gasteiger partial charge in [0.2, 0.25) is 0 Å². The highest BCUT2D eigenvalue weighted by atomic mass is 35.5. The van der Waals surface area contributed by atoms with Gasteiger partial charge in [0.25, 0.3) is 0 Å². The minimum atomic E-state index is -0.0851. The molecule has 1 fully saturated rings. The molecule has 1 aromatic carbocycles. The Morgan fingerprint density at radius 1 is 1.21 bits per heavy atom. The first kappa shape index (κ1) is 8.49. The van der Waals surface area contributed by atoms with Crippen LogP contribution in [0.15, 0.2) is 18.2 Å². The van der Waals surface area contributed by atoms with E-state index >= 15 is 0 Å². The molecule has 2 aliphatic carbocycles. The van der Waals surface area contributed by atoms with Crippen LogP contribution in [0.1, 0.15) is 30.4 Å². The second-order valence-corrected chi connectivity index (χ2v) is 4.74. The molecule has 72 valence electrons. The molecule has 0 aromatic heterocycles. The molecule has 1 spiro atoms. The van der Waals surface area contributed by atoms with E-state index in [1.54, 1.807) is 0 Å². The van der Waals surface area contributed by atoms with Gasteiger partial charge in [0.1, 0.15) is 5.78 Å². The van der Waals surface area contributed by atoms with E-state index < -0.39 is 0 Å². The van der Waals surface area contributed by atoms with Crippen molar-refractivity contribution in [3.8, 4) is 0 Å². The zero-order valence-corrected chi connectivity index (χ0v) is 8.60. The van der Waals surface area contributed by atoms with Crippen molar-refractivity contribution in [2.75, 3.05) is 0 Å². The Kier molecular flexibility index (Phi) is 1.58. The molecule has 14 heavy (non-hydrogen) atoms. The van der Waals surface area contributed by atoms with Gasteiger partial charge in [-0.05, 0) is 42.5 Å². The largest absolute Gasteiger partial charge is 0.299 e. The molecule has 3 rings (SSSR count). The van der Waals surface area contributed by atoms with E-state index in [2.05, 4.69) is 0 Å². The van der Waals surface area contributed by atoms with Gasteiger partial charge in [-0.1, -0.05) is 17.7 Å². The third-order valence-corrected chi connectivity index (χ3v) is 3.72. The Labute approximate surface area is 88.1 Å². The minimum Gasteiger partial charge on any atom is -0.299 e. The molecule has 1 saturated carbocycles. The van der Waals surface area contributed by atoms with Gasteiger partial charge in [-0.2, -0.15) is 0 Å². The Morgan fingerprint density at radius 2 is 2.00 bits per heavy atom. The highest BCUT2D eigenvalue weighted by Gasteiger charge is 2.52. The Morgan fingerprint density at radius 3 is 2.71 bits per heavy atom. The average molecular weight is 207 g/mol. The van der Waals surface area contributed by atoms with Crippen molar-refractivity contribution >= 4 is 17.4 Å². The molecule has 0 atom stereocenters. The lowest BCUT2D eigenvalue weighted by Crippen LogP contribution is -2.27. The number of hydrogen-bond acceptors (Lipinski definition) is 1. The normalized spacial score (nSPS) is 22.2. The lowest BCUT2D eigenvalue weighted by atomic mass is 9.79. The molecule has 2 aliphatic rings. The molecule has 0 unspecified atom stereocenters. The summed E-state index contributed by atoms with van der Waals surface area (Å²) in [6, 6.07) is 5.96. The van der Waals surface area contributed by atoms with Crippen molar-refractivity contribution in [1.29, 1.82) is 0 Å². The molecule has 2 heteroatoms. The van der Waals surface area contributed by atoms with Crippen molar-refractivity contribution < 1.29 is 4.79 Å². The number of Topliss-reactive ketones (excluding diaryl/α,β-unsaturated/α-hetero) is 1. The predicted octanol–water partition coefficient (Wildman–Crippen LogP) is 2.89. The van der Waals surface area contributed by atoms with Crippen LogP contribution in [-0.4, -0.2) is 5.78 Å². The van der Waals surface area contributed by atoms with Crippen molar-refractivity contribution in [3.05, 3.63) is 34.3 Å². The Bertz CT molecular complexity index is 418. The maximum Gasteiger partial charge on any atom is 0.143 e. The van der Waals surface area contributed by atoms with Crippen LogP contribution in [0, 0.1) is 0 Å². The van der Waals surface area contributed by atoms with Crippen molar-refractivity contribution in [1.82, 2.24) is 0 Å². The molecule has 0 bridgehead atoms. The molecule has 0 heterocycles. The van der Waals surface area contributed by atoms with Crippen LogP contribution in [0.3, 0.4) is 0 Å². The van der Waals surface area contributed by atoms with E-state index in [4.69, 9.17) is 11.6 Å². The van der Waals surface area contributed by atoms with E-state index in [9.17, 15) is 4.79 Å². The number of fused-ring (bicyclic) bond motifs is 2. The number of carbonyl (C=O) groups is 1. The molecule has 0 aliphatic heterocycles. The SMILES string of the molecule is O=C1CCc2cc(Cl)ccc2C12CC2. The van der Waals surface area contributed by atoms with Crippen LogP contribution in [0.25, 0.3) is 0 Å². The predicted molar refractivity (Wildman–Crippen MR) is 55.7 cm³/mol. The quantitative estimate of drug-likeness (QED) is 0.638. The van der Waals surface area contributed by atoms with Crippen molar-refractivity contribution in [3.63, 3.8) is 0 Å². The number of halogens is 1. The first-order valence-electron chi connectivity index (χ1n) is 5.05. The van der Waals surface area contributed by atoms with Crippen LogP contribution in [-0.2, 0) is 16.6 Å². The lowest BCUT2D eigenvalue weighted by Gasteiger charge is -2.23. The van der Waals surface area contributed by atoms with Gasteiger partial charge in [0.15, 0.2) is 0 Å². The van der Waals surface area contributed by atoms with Crippen LogP contribution in [0.4, 0.5) is 0 Å². The molecule has 0 N–H and O–H groups in total. The highest BCUT2D eigenvalue weighted by molar-refractivity contribution is 6.30. The van der Waals surface area contributed by atoms with Gasteiger partial charge in [-0.15, -0.1) is 0 Å². The van der Waals surface area contributed by atoms with E-state index in [0.29, 0.717) is 12.2 Å². The van der Waals surface area contributed by atoms with Gasteiger partial charge >= 0.3 is 0 Å². The van der Waals surface area contributed by atoms with Gasteiger partial charge in [-0.25, -0.2) is 0 Å². The van der Waals surface area contributed by atoms with Gasteiger partial charge in [0, 0.05) is 11.4 Å². The smallest absolute Gasteiger partial charge is 0.143 e. The highest BCUT2D eigenvalue weighted by Crippen LogP contribution is 2.53. The number of carbonyl (C=O) groups excluding carboxylic acids is 1. The average Bonchev–Trinajstić information content (AvgIpc) is 2.94. The zero-order valence-electron chi connectivity index (χ0n) is 7.85. The Hall–Kier alpha value is -0.820. The Balaban J connectivity index is 2.18. The molecule has 1 aromatic rings. The van der Waals surface area contributed by atoms with Crippen molar-refractivity contribution in [2.45, 2.75) is 31.1 Å². The number of aryl methyl sites for hydroxylation is 1. The fraction of sp³-hybridized carbons (Fsp3) is 0.417. The summed E-state index contributed by atoms with van der Waals surface area (Å²) in [6.07, 6.45) is 3.66. The fourth-order valence-corrected chi connectivity index (χ4v) is 2.74. The summed E-state index contributed by atoms with van der Waals surface area (Å²) in [6.45, 7) is 0. The maximum atomic E-state index is 11.8. The summed E-state index contributed by atoms with van der Waals surface area (Å²) in [5.41, 5.74) is 2.45. The first-order valence-corrected chi connectivity index (χ1v) is 5.42. The summed E-state index contributed by atoms with van der Waals surface area (Å²) in [7, 11) is 0. The first-order chi connectivity index (χ1) is 6.72. The van der Waals surface area contributed by atoms with Crippen LogP contribution in [0.5, 0.6) is 0 Å². The summed E-state index contributed by atoms with van der Waals surface area (Å²) in [4.78, 5) is 11.8. The monoisotopic (exact) mass is 206 g/mol. The van der Waals surface area contributed by atoms with Crippen LogP contribution < -0.4 is 0 Å². The second kappa shape index (κ2) is 2.60. The van der Waals surface area contributed by atoms with Gasteiger partial charge in [-0.3, -0.25) is 4.79 Å². The van der Waals surface area contributed by atoms with Crippen LogP contribution >= 0.6 is 11.6 Å².